The van der Waals surface area contributed by atoms with Crippen LogP contribution in [-0.2, 0) is 11.3 Å². The lowest BCUT2D eigenvalue weighted by Gasteiger charge is -2.28. The second-order valence-corrected chi connectivity index (χ2v) is 9.42. The number of carbonyl (C=O) groups excluding carboxylic acids is 1. The molecule has 0 bridgehead atoms. The molecule has 0 N–H and O–H groups in total. The van der Waals surface area contributed by atoms with Crippen molar-refractivity contribution < 1.29 is 14.3 Å². The number of pyridine rings is 1. The van der Waals surface area contributed by atoms with Crippen molar-refractivity contribution in [2.75, 3.05) is 24.5 Å². The lowest BCUT2D eigenvalue weighted by molar-refractivity contribution is 0.0378. The average molecular weight is 494 g/mol. The molecule has 0 aliphatic carbocycles. The van der Waals surface area contributed by atoms with E-state index in [1.807, 2.05) is 50.2 Å². The molecule has 2 aromatic carbocycles. The van der Waals surface area contributed by atoms with Gasteiger partial charge in [-0.2, -0.15) is 0 Å². The number of nitrogens with zero attached hydrogens (tertiary/aromatic N) is 3. The topological polar surface area (TPSA) is 54.9 Å². The summed E-state index contributed by atoms with van der Waals surface area (Å²) in [6.45, 7) is 9.29. The molecular formula is C28H32ClN3O3. The lowest BCUT2D eigenvalue weighted by Crippen LogP contribution is -2.37. The van der Waals surface area contributed by atoms with Crippen LogP contribution >= 0.6 is 11.6 Å². The highest BCUT2D eigenvalue weighted by Crippen LogP contribution is 2.28. The van der Waals surface area contributed by atoms with Crippen LogP contribution in [0.4, 0.5) is 5.82 Å². The van der Waals surface area contributed by atoms with Crippen molar-refractivity contribution >= 4 is 23.4 Å². The van der Waals surface area contributed by atoms with Gasteiger partial charge in [0.05, 0.1) is 6.10 Å². The Hall–Kier alpha value is -3.09. The maximum atomic E-state index is 12.6. The van der Waals surface area contributed by atoms with Gasteiger partial charge < -0.3 is 14.4 Å². The summed E-state index contributed by atoms with van der Waals surface area (Å²) in [6.07, 6.45) is 2.57. The summed E-state index contributed by atoms with van der Waals surface area (Å²) in [5.41, 5.74) is 1.72. The minimum Gasteiger partial charge on any atom is -0.459 e. The van der Waals surface area contributed by atoms with Crippen molar-refractivity contribution in [3.8, 4) is 11.5 Å². The first-order valence-electron chi connectivity index (χ1n) is 12.1. The third-order valence-corrected chi connectivity index (χ3v) is 6.32. The first kappa shape index (κ1) is 25.0. The van der Waals surface area contributed by atoms with Gasteiger partial charge in [-0.3, -0.25) is 4.90 Å². The zero-order valence-corrected chi connectivity index (χ0v) is 21.2. The molecule has 1 fully saturated rings. The van der Waals surface area contributed by atoms with Crippen molar-refractivity contribution in [3.63, 3.8) is 0 Å². The monoisotopic (exact) mass is 493 g/mol. The molecule has 0 spiro atoms. The fraction of sp³-hybridized carbons (Fsp3) is 0.357. The summed E-state index contributed by atoms with van der Waals surface area (Å²) in [6, 6.07) is 19.5. The first-order valence-corrected chi connectivity index (χ1v) is 12.5. The van der Waals surface area contributed by atoms with Gasteiger partial charge in [0.15, 0.2) is 0 Å². The van der Waals surface area contributed by atoms with Crippen LogP contribution in [0.25, 0.3) is 0 Å². The van der Waals surface area contributed by atoms with Gasteiger partial charge in [-0.1, -0.05) is 30.7 Å². The minimum absolute atomic E-state index is 0.170. The molecule has 1 aliphatic heterocycles. The molecular weight excluding hydrogens is 462 g/mol. The molecule has 3 aromatic rings. The number of hydrogen-bond donors (Lipinski definition) is 0. The Morgan fingerprint density at radius 2 is 1.94 bits per heavy atom. The summed E-state index contributed by atoms with van der Waals surface area (Å²) in [7, 11) is 0. The molecule has 6 nitrogen and oxygen atoms in total. The largest absolute Gasteiger partial charge is 0.459 e. The second kappa shape index (κ2) is 11.6. The molecule has 0 radical (unpaired) electrons. The van der Waals surface area contributed by atoms with Crippen molar-refractivity contribution in [3.05, 3.63) is 83.0 Å². The van der Waals surface area contributed by atoms with Crippen molar-refractivity contribution in [1.82, 2.24) is 9.88 Å². The van der Waals surface area contributed by atoms with Gasteiger partial charge in [-0.15, -0.1) is 0 Å². The molecule has 1 atom stereocenters. The molecule has 1 saturated heterocycles. The Morgan fingerprint density at radius 3 is 2.69 bits per heavy atom. The highest BCUT2D eigenvalue weighted by atomic mass is 35.5. The molecule has 184 valence electrons. The SMILES string of the molecule is CCN(Cc1cccc(Oc2ccc(Cl)cc2)c1)[C@@H]1CCN(c2ncccc2C(=O)OC(C)C)C1. The van der Waals surface area contributed by atoms with Gasteiger partial charge in [-0.25, -0.2) is 9.78 Å². The number of anilines is 1. The highest BCUT2D eigenvalue weighted by molar-refractivity contribution is 6.30. The average Bonchev–Trinajstić information content (AvgIpc) is 3.34. The van der Waals surface area contributed by atoms with E-state index in [4.69, 9.17) is 21.1 Å². The molecule has 2 heterocycles. The second-order valence-electron chi connectivity index (χ2n) is 8.98. The normalized spacial score (nSPS) is 15.6. The molecule has 7 heteroatoms. The Balaban J connectivity index is 1.42. The highest BCUT2D eigenvalue weighted by Gasteiger charge is 2.30. The summed E-state index contributed by atoms with van der Waals surface area (Å²) in [5.74, 6) is 1.94. The number of aromatic nitrogens is 1. The van der Waals surface area contributed by atoms with E-state index < -0.39 is 0 Å². The van der Waals surface area contributed by atoms with Gasteiger partial charge >= 0.3 is 5.97 Å². The fourth-order valence-electron chi connectivity index (χ4n) is 4.40. The van der Waals surface area contributed by atoms with Crippen LogP contribution in [0.3, 0.4) is 0 Å². The number of halogens is 1. The minimum atomic E-state index is -0.323. The molecule has 1 aliphatic rings. The van der Waals surface area contributed by atoms with Crippen molar-refractivity contribution in [1.29, 1.82) is 0 Å². The van der Waals surface area contributed by atoms with Gasteiger partial charge in [0.25, 0.3) is 0 Å². The number of hydrogen-bond acceptors (Lipinski definition) is 6. The number of esters is 1. The van der Waals surface area contributed by atoms with E-state index in [1.165, 1.54) is 5.56 Å². The Labute approximate surface area is 212 Å². The predicted molar refractivity (Wildman–Crippen MR) is 139 cm³/mol. The summed E-state index contributed by atoms with van der Waals surface area (Å²) in [5, 5.41) is 0.685. The van der Waals surface area contributed by atoms with E-state index in [-0.39, 0.29) is 12.1 Å². The summed E-state index contributed by atoms with van der Waals surface area (Å²) >= 11 is 5.98. The number of carbonyl (C=O) groups is 1. The molecule has 1 aromatic heterocycles. The smallest absolute Gasteiger partial charge is 0.342 e. The molecule has 0 amide bonds. The molecule has 0 unspecified atom stereocenters. The third-order valence-electron chi connectivity index (χ3n) is 6.07. The van der Waals surface area contributed by atoms with Gasteiger partial charge in [-0.05, 0) is 80.9 Å². The van der Waals surface area contributed by atoms with Crippen LogP contribution < -0.4 is 9.64 Å². The van der Waals surface area contributed by atoms with Gasteiger partial charge in [0, 0.05) is 36.9 Å². The third kappa shape index (κ3) is 6.53. The van der Waals surface area contributed by atoms with Crippen LogP contribution in [0.1, 0.15) is 43.1 Å². The fourth-order valence-corrected chi connectivity index (χ4v) is 4.52. The standard InChI is InChI=1S/C28H32ClN3O3/c1-4-31(18-21-7-5-8-25(17-21)35-24-12-10-22(29)11-13-24)23-14-16-32(19-23)27-26(9-6-15-30-27)28(33)34-20(2)3/h5-13,15,17,20,23H,4,14,16,18-19H2,1-3H3/t23-/m1/s1. The van der Waals surface area contributed by atoms with Crippen LogP contribution in [0.2, 0.25) is 5.02 Å². The first-order chi connectivity index (χ1) is 16.9. The lowest BCUT2D eigenvalue weighted by atomic mass is 10.1. The Kier molecular flexibility index (Phi) is 8.26. The quantitative estimate of drug-likeness (QED) is 0.331. The van der Waals surface area contributed by atoms with Crippen molar-refractivity contribution in [2.24, 2.45) is 0 Å². The van der Waals surface area contributed by atoms with E-state index in [0.717, 1.165) is 44.1 Å². The van der Waals surface area contributed by atoms with Crippen LogP contribution in [0, 0.1) is 0 Å². The zero-order chi connectivity index (χ0) is 24.8. The zero-order valence-electron chi connectivity index (χ0n) is 20.5. The van der Waals surface area contributed by atoms with Crippen LogP contribution in [0.5, 0.6) is 11.5 Å². The van der Waals surface area contributed by atoms with Gasteiger partial charge in [0.2, 0.25) is 0 Å². The van der Waals surface area contributed by atoms with E-state index in [2.05, 4.69) is 33.8 Å². The van der Waals surface area contributed by atoms with E-state index >= 15 is 0 Å². The maximum Gasteiger partial charge on any atom is 0.342 e. The summed E-state index contributed by atoms with van der Waals surface area (Å²) in [4.78, 5) is 21.8. The number of ether oxygens (including phenoxy) is 2. The molecule has 35 heavy (non-hydrogen) atoms. The predicted octanol–water partition coefficient (Wildman–Crippen LogP) is 6.19. The van der Waals surface area contributed by atoms with Crippen molar-refractivity contribution in [2.45, 2.75) is 45.9 Å². The van der Waals surface area contributed by atoms with Crippen LogP contribution in [0.15, 0.2) is 66.9 Å². The Morgan fingerprint density at radius 1 is 1.14 bits per heavy atom. The van der Waals surface area contributed by atoms with E-state index in [0.29, 0.717) is 22.4 Å². The molecule has 4 rings (SSSR count). The number of rotatable bonds is 9. The Bertz CT molecular complexity index is 1140. The van der Waals surface area contributed by atoms with E-state index in [1.54, 1.807) is 18.3 Å². The number of benzene rings is 2. The van der Waals surface area contributed by atoms with Gasteiger partial charge in [0.1, 0.15) is 22.9 Å². The molecule has 0 saturated carbocycles. The van der Waals surface area contributed by atoms with E-state index in [9.17, 15) is 4.79 Å². The van der Waals surface area contributed by atoms with Crippen LogP contribution in [-0.4, -0.2) is 47.6 Å². The summed E-state index contributed by atoms with van der Waals surface area (Å²) < 4.78 is 11.5. The number of likely N-dealkylation sites (N-methyl/N-ethyl adjacent to an activating group) is 1. The maximum absolute atomic E-state index is 12.6.